The highest BCUT2D eigenvalue weighted by Gasteiger charge is 2.28. The van der Waals surface area contributed by atoms with E-state index in [0.29, 0.717) is 13.2 Å². The number of rotatable bonds is 3. The van der Waals surface area contributed by atoms with Crippen LogP contribution in [0, 0.1) is 0 Å². The Balaban J connectivity index is 2.15. The average Bonchev–Trinajstić information content (AvgIpc) is 2.39. The van der Waals surface area contributed by atoms with Crippen LogP contribution in [0.15, 0.2) is 30.3 Å². The lowest BCUT2D eigenvalue weighted by molar-refractivity contribution is -0.164. The maximum atomic E-state index is 5.49. The molecule has 2 rings (SSSR count). The molecule has 0 bridgehead atoms. The molecule has 1 aliphatic heterocycles. The molecular weight excluding hydrogens is 206 g/mol. The standard InChI is InChI=1S/C12H17NO3/c1-14-11-9-16-12(15-2)8-13(11)10-6-4-3-5-7-10/h3-7,11-12H,8-9H2,1-2H3. The smallest absolute Gasteiger partial charge is 0.174 e. The Kier molecular flexibility index (Phi) is 3.77. The number of methoxy groups -OCH3 is 2. The normalized spacial score (nSPS) is 25.8. The second kappa shape index (κ2) is 5.30. The van der Waals surface area contributed by atoms with E-state index in [-0.39, 0.29) is 12.5 Å². The Morgan fingerprint density at radius 3 is 2.56 bits per heavy atom. The van der Waals surface area contributed by atoms with Gasteiger partial charge in [-0.2, -0.15) is 0 Å². The number of benzene rings is 1. The number of ether oxygens (including phenoxy) is 3. The third kappa shape index (κ3) is 2.35. The van der Waals surface area contributed by atoms with Gasteiger partial charge in [0.05, 0.1) is 13.2 Å². The van der Waals surface area contributed by atoms with Crippen LogP contribution in [0.2, 0.25) is 0 Å². The van der Waals surface area contributed by atoms with Gasteiger partial charge in [-0.25, -0.2) is 0 Å². The number of para-hydroxylation sites is 1. The van der Waals surface area contributed by atoms with Crippen molar-refractivity contribution < 1.29 is 14.2 Å². The maximum absolute atomic E-state index is 5.49. The molecule has 16 heavy (non-hydrogen) atoms. The molecule has 4 heteroatoms. The van der Waals surface area contributed by atoms with E-state index in [1.807, 2.05) is 18.2 Å². The molecular formula is C12H17NO3. The van der Waals surface area contributed by atoms with Gasteiger partial charge < -0.3 is 19.1 Å². The molecule has 1 fully saturated rings. The first-order valence-electron chi connectivity index (χ1n) is 5.34. The van der Waals surface area contributed by atoms with Crippen molar-refractivity contribution in [2.24, 2.45) is 0 Å². The third-order valence-corrected chi connectivity index (χ3v) is 2.74. The van der Waals surface area contributed by atoms with Crippen LogP contribution in [0.1, 0.15) is 0 Å². The van der Waals surface area contributed by atoms with E-state index in [4.69, 9.17) is 14.2 Å². The SMILES string of the molecule is COC1CN(c2ccccc2)C(OC)CO1. The predicted octanol–water partition coefficient (Wildman–Crippen LogP) is 1.47. The summed E-state index contributed by atoms with van der Waals surface area (Å²) in [5, 5.41) is 0. The van der Waals surface area contributed by atoms with Gasteiger partial charge >= 0.3 is 0 Å². The van der Waals surface area contributed by atoms with Gasteiger partial charge in [-0.05, 0) is 12.1 Å². The van der Waals surface area contributed by atoms with Crippen molar-refractivity contribution in [1.29, 1.82) is 0 Å². The fourth-order valence-corrected chi connectivity index (χ4v) is 1.84. The first-order valence-corrected chi connectivity index (χ1v) is 5.34. The van der Waals surface area contributed by atoms with E-state index < -0.39 is 0 Å². The molecule has 1 aromatic rings. The quantitative estimate of drug-likeness (QED) is 0.776. The van der Waals surface area contributed by atoms with Crippen molar-refractivity contribution in [3.63, 3.8) is 0 Å². The summed E-state index contributed by atoms with van der Waals surface area (Å²) in [5.74, 6) is 0. The number of anilines is 1. The Labute approximate surface area is 95.7 Å². The summed E-state index contributed by atoms with van der Waals surface area (Å²) in [6, 6.07) is 10.1. The molecule has 0 spiro atoms. The largest absolute Gasteiger partial charge is 0.359 e. The van der Waals surface area contributed by atoms with Gasteiger partial charge in [0.15, 0.2) is 12.5 Å². The monoisotopic (exact) mass is 223 g/mol. The first kappa shape index (κ1) is 11.4. The molecule has 1 aliphatic rings. The topological polar surface area (TPSA) is 30.9 Å². The van der Waals surface area contributed by atoms with Crippen molar-refractivity contribution in [1.82, 2.24) is 0 Å². The minimum Gasteiger partial charge on any atom is -0.359 e. The Bertz CT molecular complexity index is 317. The van der Waals surface area contributed by atoms with Gasteiger partial charge in [0, 0.05) is 19.9 Å². The van der Waals surface area contributed by atoms with Crippen molar-refractivity contribution in [2.75, 3.05) is 32.3 Å². The Morgan fingerprint density at radius 2 is 1.94 bits per heavy atom. The molecule has 1 heterocycles. The minimum absolute atomic E-state index is 0.0474. The molecule has 0 radical (unpaired) electrons. The van der Waals surface area contributed by atoms with E-state index in [0.717, 1.165) is 5.69 Å². The molecule has 2 atom stereocenters. The molecule has 0 amide bonds. The average molecular weight is 223 g/mol. The number of hydrogen-bond donors (Lipinski definition) is 0. The molecule has 1 aromatic carbocycles. The van der Waals surface area contributed by atoms with E-state index >= 15 is 0 Å². The number of nitrogens with zero attached hydrogens (tertiary/aromatic N) is 1. The molecule has 4 nitrogen and oxygen atoms in total. The predicted molar refractivity (Wildman–Crippen MR) is 61.3 cm³/mol. The lowest BCUT2D eigenvalue weighted by atomic mass is 10.2. The molecule has 0 aliphatic carbocycles. The molecule has 2 unspecified atom stereocenters. The highest BCUT2D eigenvalue weighted by Crippen LogP contribution is 2.21. The highest BCUT2D eigenvalue weighted by molar-refractivity contribution is 5.47. The van der Waals surface area contributed by atoms with Crippen molar-refractivity contribution in [2.45, 2.75) is 12.5 Å². The van der Waals surface area contributed by atoms with Crippen LogP contribution >= 0.6 is 0 Å². The lowest BCUT2D eigenvalue weighted by Gasteiger charge is -2.39. The zero-order valence-corrected chi connectivity index (χ0v) is 9.63. The highest BCUT2D eigenvalue weighted by atomic mass is 16.7. The van der Waals surface area contributed by atoms with Gasteiger partial charge in [0.2, 0.25) is 0 Å². The van der Waals surface area contributed by atoms with Crippen LogP contribution in [-0.4, -0.2) is 39.9 Å². The molecule has 88 valence electrons. The second-order valence-electron chi connectivity index (χ2n) is 3.68. The summed E-state index contributed by atoms with van der Waals surface area (Å²) in [6.07, 6.45) is -0.236. The minimum atomic E-state index is -0.188. The van der Waals surface area contributed by atoms with Crippen LogP contribution in [0.25, 0.3) is 0 Å². The Morgan fingerprint density at radius 1 is 1.19 bits per heavy atom. The van der Waals surface area contributed by atoms with Crippen LogP contribution in [0.5, 0.6) is 0 Å². The number of hydrogen-bond acceptors (Lipinski definition) is 4. The van der Waals surface area contributed by atoms with Crippen LogP contribution < -0.4 is 4.90 Å². The van der Waals surface area contributed by atoms with E-state index in [9.17, 15) is 0 Å². The van der Waals surface area contributed by atoms with Gasteiger partial charge in [-0.15, -0.1) is 0 Å². The molecule has 0 aromatic heterocycles. The van der Waals surface area contributed by atoms with Gasteiger partial charge in [-0.1, -0.05) is 18.2 Å². The van der Waals surface area contributed by atoms with Crippen molar-refractivity contribution in [3.05, 3.63) is 30.3 Å². The summed E-state index contributed by atoms with van der Waals surface area (Å²) >= 11 is 0. The summed E-state index contributed by atoms with van der Waals surface area (Å²) in [6.45, 7) is 1.20. The molecule has 0 N–H and O–H groups in total. The third-order valence-electron chi connectivity index (χ3n) is 2.74. The van der Waals surface area contributed by atoms with Gasteiger partial charge in [0.25, 0.3) is 0 Å². The zero-order valence-electron chi connectivity index (χ0n) is 9.63. The summed E-state index contributed by atoms with van der Waals surface area (Å²) in [5.41, 5.74) is 1.12. The van der Waals surface area contributed by atoms with Gasteiger partial charge in [0.1, 0.15) is 0 Å². The fraction of sp³-hybridized carbons (Fsp3) is 0.500. The summed E-state index contributed by atoms with van der Waals surface area (Å²) in [4.78, 5) is 2.15. The van der Waals surface area contributed by atoms with Gasteiger partial charge in [-0.3, -0.25) is 0 Å². The van der Waals surface area contributed by atoms with E-state index in [1.165, 1.54) is 0 Å². The second-order valence-corrected chi connectivity index (χ2v) is 3.68. The fourth-order valence-electron chi connectivity index (χ4n) is 1.84. The summed E-state index contributed by atoms with van der Waals surface area (Å²) in [7, 11) is 3.35. The summed E-state index contributed by atoms with van der Waals surface area (Å²) < 4.78 is 16.1. The van der Waals surface area contributed by atoms with Crippen molar-refractivity contribution >= 4 is 5.69 Å². The van der Waals surface area contributed by atoms with Crippen LogP contribution in [-0.2, 0) is 14.2 Å². The van der Waals surface area contributed by atoms with E-state index in [2.05, 4.69) is 17.0 Å². The zero-order chi connectivity index (χ0) is 11.4. The van der Waals surface area contributed by atoms with Crippen LogP contribution in [0.3, 0.4) is 0 Å². The number of morpholine rings is 1. The first-order chi connectivity index (χ1) is 7.85. The molecule has 1 saturated heterocycles. The van der Waals surface area contributed by atoms with E-state index in [1.54, 1.807) is 14.2 Å². The Hall–Kier alpha value is -1.10. The maximum Gasteiger partial charge on any atom is 0.174 e. The molecule has 0 saturated carbocycles. The van der Waals surface area contributed by atoms with Crippen molar-refractivity contribution in [3.8, 4) is 0 Å². The van der Waals surface area contributed by atoms with Crippen LogP contribution in [0.4, 0.5) is 5.69 Å². The lowest BCUT2D eigenvalue weighted by Crippen LogP contribution is -2.51.